The number of hydrogen-bond donors (Lipinski definition) is 1. The largest absolute Gasteiger partial charge is 0.441 e. The summed E-state index contributed by atoms with van der Waals surface area (Å²) < 4.78 is 5.72. The number of aromatic nitrogens is 1. The van der Waals surface area contributed by atoms with Gasteiger partial charge in [-0.15, -0.1) is 0 Å². The van der Waals surface area contributed by atoms with Crippen molar-refractivity contribution in [3.05, 3.63) is 77.7 Å². The van der Waals surface area contributed by atoms with Gasteiger partial charge in [0.15, 0.2) is 0 Å². The molecule has 0 saturated carbocycles. The Morgan fingerprint density at radius 1 is 1.04 bits per heavy atom. The second-order valence-electron chi connectivity index (χ2n) is 6.50. The second-order valence-corrected chi connectivity index (χ2v) is 6.50. The number of urea groups is 1. The standard InChI is InChI=1S/C21H19N3O3/c1-14-18(22-19(27-14)16-10-6-3-7-11-16)13-24-20(25)17(23-21(24)26)12-15-8-4-2-5-9-15/h2-11,17H,12-13H2,1H3,(H,23,26). The van der Waals surface area contributed by atoms with Crippen LogP contribution in [0.2, 0.25) is 0 Å². The highest BCUT2D eigenvalue weighted by atomic mass is 16.4. The molecule has 1 aliphatic rings. The number of nitrogens with one attached hydrogen (secondary N) is 1. The van der Waals surface area contributed by atoms with Crippen LogP contribution in [0.1, 0.15) is 17.0 Å². The van der Waals surface area contributed by atoms with Gasteiger partial charge in [0.1, 0.15) is 17.5 Å². The van der Waals surface area contributed by atoms with Crippen LogP contribution >= 0.6 is 0 Å². The molecule has 3 aromatic rings. The molecular weight excluding hydrogens is 342 g/mol. The predicted octanol–water partition coefficient (Wildman–Crippen LogP) is 3.31. The molecule has 6 nitrogen and oxygen atoms in total. The molecule has 0 aliphatic carbocycles. The number of benzene rings is 2. The molecular formula is C21H19N3O3. The Morgan fingerprint density at radius 3 is 2.41 bits per heavy atom. The summed E-state index contributed by atoms with van der Waals surface area (Å²) in [6, 6.07) is 18.2. The van der Waals surface area contributed by atoms with Gasteiger partial charge >= 0.3 is 6.03 Å². The molecule has 3 amide bonds. The lowest BCUT2D eigenvalue weighted by Crippen LogP contribution is -2.32. The van der Waals surface area contributed by atoms with Crippen LogP contribution in [-0.4, -0.2) is 27.9 Å². The maximum atomic E-state index is 12.7. The highest BCUT2D eigenvalue weighted by Gasteiger charge is 2.38. The van der Waals surface area contributed by atoms with Gasteiger partial charge in [0.05, 0.1) is 6.54 Å². The van der Waals surface area contributed by atoms with Gasteiger partial charge < -0.3 is 9.73 Å². The van der Waals surface area contributed by atoms with E-state index < -0.39 is 12.1 Å². The minimum atomic E-state index is -0.555. The van der Waals surface area contributed by atoms with E-state index in [1.807, 2.05) is 60.7 Å². The Morgan fingerprint density at radius 2 is 1.70 bits per heavy atom. The number of aryl methyl sites for hydroxylation is 1. The number of imide groups is 1. The number of carbonyl (C=O) groups is 2. The average Bonchev–Trinajstić information content (AvgIpc) is 3.18. The number of amides is 3. The first-order valence-corrected chi connectivity index (χ1v) is 8.79. The Bertz CT molecular complexity index is 967. The van der Waals surface area contributed by atoms with Crippen molar-refractivity contribution >= 4 is 11.9 Å². The fourth-order valence-electron chi connectivity index (χ4n) is 3.14. The van der Waals surface area contributed by atoms with E-state index in [4.69, 9.17) is 4.42 Å². The van der Waals surface area contributed by atoms with Gasteiger partial charge in [-0.2, -0.15) is 0 Å². The molecule has 27 heavy (non-hydrogen) atoms. The molecule has 1 unspecified atom stereocenters. The molecule has 1 saturated heterocycles. The molecule has 136 valence electrons. The van der Waals surface area contributed by atoms with Crippen molar-refractivity contribution in [2.24, 2.45) is 0 Å². The Labute approximate surface area is 156 Å². The van der Waals surface area contributed by atoms with Gasteiger partial charge in [-0.05, 0) is 24.6 Å². The maximum absolute atomic E-state index is 12.7. The first-order chi connectivity index (χ1) is 13.1. The van der Waals surface area contributed by atoms with Crippen molar-refractivity contribution in [1.29, 1.82) is 0 Å². The third-order valence-electron chi connectivity index (χ3n) is 4.61. The summed E-state index contributed by atoms with van der Waals surface area (Å²) in [7, 11) is 0. The van der Waals surface area contributed by atoms with Crippen LogP contribution in [0.4, 0.5) is 4.79 Å². The SMILES string of the molecule is Cc1oc(-c2ccccc2)nc1CN1C(=O)NC(Cc2ccccc2)C1=O. The van der Waals surface area contributed by atoms with Crippen LogP contribution in [0, 0.1) is 6.92 Å². The summed E-state index contributed by atoms with van der Waals surface area (Å²) in [5.41, 5.74) is 2.44. The minimum Gasteiger partial charge on any atom is -0.441 e. The number of oxazole rings is 1. The smallest absolute Gasteiger partial charge is 0.325 e. The first-order valence-electron chi connectivity index (χ1n) is 8.79. The van der Waals surface area contributed by atoms with Gasteiger partial charge in [-0.3, -0.25) is 9.69 Å². The van der Waals surface area contributed by atoms with E-state index in [1.54, 1.807) is 6.92 Å². The zero-order chi connectivity index (χ0) is 18.8. The summed E-state index contributed by atoms with van der Waals surface area (Å²) in [5, 5.41) is 2.76. The van der Waals surface area contributed by atoms with Gasteiger partial charge in [0.25, 0.3) is 5.91 Å². The number of rotatable bonds is 5. The van der Waals surface area contributed by atoms with Crippen molar-refractivity contribution < 1.29 is 14.0 Å². The molecule has 4 rings (SSSR count). The van der Waals surface area contributed by atoms with Crippen molar-refractivity contribution in [2.45, 2.75) is 25.9 Å². The molecule has 1 aliphatic heterocycles. The average molecular weight is 361 g/mol. The highest BCUT2D eigenvalue weighted by molar-refractivity contribution is 6.04. The van der Waals surface area contributed by atoms with Crippen molar-refractivity contribution in [3.8, 4) is 11.5 Å². The van der Waals surface area contributed by atoms with Gasteiger partial charge in [0, 0.05) is 12.0 Å². The molecule has 0 bridgehead atoms. The molecule has 1 N–H and O–H groups in total. The van der Waals surface area contributed by atoms with Crippen LogP contribution in [0.15, 0.2) is 65.1 Å². The monoisotopic (exact) mass is 361 g/mol. The van der Waals surface area contributed by atoms with Crippen LogP contribution in [-0.2, 0) is 17.8 Å². The van der Waals surface area contributed by atoms with Crippen molar-refractivity contribution in [1.82, 2.24) is 15.2 Å². The molecule has 2 heterocycles. The van der Waals surface area contributed by atoms with E-state index in [0.29, 0.717) is 23.8 Å². The number of hydrogen-bond acceptors (Lipinski definition) is 4. The van der Waals surface area contributed by atoms with E-state index in [-0.39, 0.29) is 12.5 Å². The third-order valence-corrected chi connectivity index (χ3v) is 4.61. The number of carbonyl (C=O) groups excluding carboxylic acids is 2. The molecule has 1 fully saturated rings. The maximum Gasteiger partial charge on any atom is 0.325 e. The lowest BCUT2D eigenvalue weighted by atomic mass is 10.1. The molecule has 1 aromatic heterocycles. The molecule has 0 radical (unpaired) electrons. The summed E-state index contributed by atoms with van der Waals surface area (Å²) >= 11 is 0. The molecule has 1 atom stereocenters. The van der Waals surface area contributed by atoms with E-state index in [9.17, 15) is 9.59 Å². The molecule has 2 aromatic carbocycles. The van der Waals surface area contributed by atoms with Gasteiger partial charge in [-0.1, -0.05) is 48.5 Å². The second kappa shape index (κ2) is 7.07. The normalized spacial score (nSPS) is 16.6. The minimum absolute atomic E-state index is 0.0954. The van der Waals surface area contributed by atoms with Gasteiger partial charge in [-0.25, -0.2) is 9.78 Å². The quantitative estimate of drug-likeness (QED) is 0.708. The summed E-state index contributed by atoms with van der Waals surface area (Å²) in [6.07, 6.45) is 0.467. The summed E-state index contributed by atoms with van der Waals surface area (Å²) in [6.45, 7) is 1.88. The fraction of sp³-hybridized carbons (Fsp3) is 0.190. The molecule has 0 spiro atoms. The Hall–Kier alpha value is -3.41. The van der Waals surface area contributed by atoms with E-state index >= 15 is 0 Å². The van der Waals surface area contributed by atoms with Crippen LogP contribution < -0.4 is 5.32 Å². The number of nitrogens with zero attached hydrogens (tertiary/aromatic N) is 2. The first kappa shape index (κ1) is 17.0. The van der Waals surface area contributed by atoms with Crippen molar-refractivity contribution in [2.75, 3.05) is 0 Å². The predicted molar refractivity (Wildman–Crippen MR) is 99.7 cm³/mol. The van der Waals surface area contributed by atoms with Crippen LogP contribution in [0.25, 0.3) is 11.5 Å². The molecule has 6 heteroatoms. The van der Waals surface area contributed by atoms with Gasteiger partial charge in [0.2, 0.25) is 5.89 Å². The zero-order valence-electron chi connectivity index (χ0n) is 14.9. The highest BCUT2D eigenvalue weighted by Crippen LogP contribution is 2.23. The van der Waals surface area contributed by atoms with E-state index in [2.05, 4.69) is 10.3 Å². The lowest BCUT2D eigenvalue weighted by molar-refractivity contribution is -0.127. The van der Waals surface area contributed by atoms with E-state index in [0.717, 1.165) is 11.1 Å². The topological polar surface area (TPSA) is 75.4 Å². The summed E-state index contributed by atoms with van der Waals surface area (Å²) in [5.74, 6) is 0.837. The summed E-state index contributed by atoms with van der Waals surface area (Å²) in [4.78, 5) is 30.7. The van der Waals surface area contributed by atoms with Crippen molar-refractivity contribution in [3.63, 3.8) is 0 Å². The van der Waals surface area contributed by atoms with E-state index in [1.165, 1.54) is 4.90 Å². The fourth-order valence-corrected chi connectivity index (χ4v) is 3.14. The lowest BCUT2D eigenvalue weighted by Gasteiger charge is -2.11. The third kappa shape index (κ3) is 3.46. The Balaban J connectivity index is 1.50. The van der Waals surface area contributed by atoms with Crippen LogP contribution in [0.5, 0.6) is 0 Å². The Kier molecular flexibility index (Phi) is 4.46. The van der Waals surface area contributed by atoms with Crippen LogP contribution in [0.3, 0.4) is 0 Å². The zero-order valence-corrected chi connectivity index (χ0v) is 14.9.